The molecule has 2 aliphatic rings. The van der Waals surface area contributed by atoms with Crippen LogP contribution in [0, 0.1) is 13.8 Å². The molecule has 0 fully saturated rings. The lowest BCUT2D eigenvalue weighted by Gasteiger charge is -2.10. The average molecular weight is 759 g/mol. The Balaban J connectivity index is 1.60. The summed E-state index contributed by atoms with van der Waals surface area (Å²) in [5.74, 6) is 0.0683. The van der Waals surface area contributed by atoms with E-state index in [1.807, 2.05) is 12.2 Å². The third-order valence-corrected chi connectivity index (χ3v) is 11.0. The molecule has 0 aliphatic carbocycles. The van der Waals surface area contributed by atoms with Crippen molar-refractivity contribution >= 4 is 68.3 Å². The highest BCUT2D eigenvalue weighted by Gasteiger charge is 2.23. The standard InChI is InChI=1S/C46H62N8O2/c1-11-33-29(3)37-25-38-31(5)35(17-19-45(55)47-21-13-15-23-53(7)8)43(51-38)28-44-36(18-20-46(56)48-22-14-16-24-54(9)10)32(6)40(52-44)27-42-34(12-2)30(4)39(50-42)26-41(33)49-37/h11-12,25-28,49-50H,1-2,13-24H2,3-10H3,(H,47,55)(H,48,56). The quantitative estimate of drug-likeness (QED) is 0.0966. The number of nitrogens with zero attached hydrogens (tertiary/aromatic N) is 4. The number of H-pyrrole nitrogens is 2. The van der Waals surface area contributed by atoms with Gasteiger partial charge < -0.3 is 30.4 Å². The molecule has 0 radical (unpaired) electrons. The number of rotatable bonds is 18. The first-order chi connectivity index (χ1) is 26.8. The van der Waals surface area contributed by atoms with Crippen molar-refractivity contribution in [1.29, 1.82) is 0 Å². The number of amides is 2. The summed E-state index contributed by atoms with van der Waals surface area (Å²) in [6.45, 7) is 20.0. The Morgan fingerprint density at radius 3 is 1.45 bits per heavy atom. The molecule has 5 rings (SSSR count). The van der Waals surface area contributed by atoms with Crippen LogP contribution in [0.25, 0.3) is 56.5 Å². The van der Waals surface area contributed by atoms with Gasteiger partial charge in [-0.25, -0.2) is 9.97 Å². The number of unbranched alkanes of at least 4 members (excludes halogenated alkanes) is 2. The van der Waals surface area contributed by atoms with Crippen molar-refractivity contribution in [3.63, 3.8) is 0 Å². The van der Waals surface area contributed by atoms with Crippen LogP contribution in [0.1, 0.15) is 110 Å². The molecule has 3 aromatic rings. The number of allylic oxidation sites excluding steroid dienone is 4. The van der Waals surface area contributed by atoms with Crippen molar-refractivity contribution in [2.75, 3.05) is 54.4 Å². The predicted octanol–water partition coefficient (Wildman–Crippen LogP) is 8.56. The van der Waals surface area contributed by atoms with E-state index in [1.165, 1.54) is 0 Å². The molecule has 0 unspecified atom stereocenters. The van der Waals surface area contributed by atoms with Crippen molar-refractivity contribution in [1.82, 2.24) is 40.4 Å². The summed E-state index contributed by atoms with van der Waals surface area (Å²) < 4.78 is 0. The minimum absolute atomic E-state index is 0.0337. The molecule has 56 heavy (non-hydrogen) atoms. The number of hydrogen-bond donors (Lipinski definition) is 4. The zero-order chi connectivity index (χ0) is 40.5. The van der Waals surface area contributed by atoms with Gasteiger partial charge in [-0.3, -0.25) is 9.59 Å². The maximum absolute atomic E-state index is 13.1. The van der Waals surface area contributed by atoms with Gasteiger partial charge in [-0.05, 0) is 165 Å². The third-order valence-electron chi connectivity index (χ3n) is 11.0. The zero-order valence-corrected chi connectivity index (χ0v) is 35.0. The van der Waals surface area contributed by atoms with Gasteiger partial charge in [0.05, 0.1) is 22.8 Å². The summed E-state index contributed by atoms with van der Waals surface area (Å²) in [5.41, 5.74) is 15.3. The van der Waals surface area contributed by atoms with Crippen LogP contribution < -0.4 is 10.6 Å². The molecule has 0 saturated heterocycles. The first kappa shape index (κ1) is 42.1. The molecular weight excluding hydrogens is 697 g/mol. The summed E-state index contributed by atoms with van der Waals surface area (Å²) >= 11 is 0. The van der Waals surface area contributed by atoms with Crippen LogP contribution in [-0.2, 0) is 9.59 Å². The van der Waals surface area contributed by atoms with Crippen molar-refractivity contribution in [3.8, 4) is 0 Å². The highest BCUT2D eigenvalue weighted by Crippen LogP contribution is 2.38. The Hall–Kier alpha value is -5.06. The largest absolute Gasteiger partial charge is 0.356 e. The maximum Gasteiger partial charge on any atom is 0.220 e. The Bertz CT molecular complexity index is 2200. The molecule has 10 nitrogen and oxygen atoms in total. The molecule has 5 heterocycles. The van der Waals surface area contributed by atoms with Crippen LogP contribution in [0.3, 0.4) is 0 Å². The molecule has 4 N–H and O–H groups in total. The van der Waals surface area contributed by atoms with Gasteiger partial charge in [0.1, 0.15) is 0 Å². The number of carbonyl (C=O) groups excluding carboxylic acids is 2. The van der Waals surface area contributed by atoms with Gasteiger partial charge >= 0.3 is 0 Å². The van der Waals surface area contributed by atoms with Crippen LogP contribution in [-0.4, -0.2) is 95.9 Å². The van der Waals surface area contributed by atoms with Crippen molar-refractivity contribution in [2.24, 2.45) is 0 Å². The molecule has 2 amide bonds. The van der Waals surface area contributed by atoms with E-state index in [9.17, 15) is 9.59 Å². The van der Waals surface area contributed by atoms with Crippen LogP contribution in [0.15, 0.2) is 37.4 Å². The molecule has 8 bridgehead atoms. The summed E-state index contributed by atoms with van der Waals surface area (Å²) in [6, 6.07) is 8.37. The molecule has 2 aliphatic heterocycles. The second-order valence-electron chi connectivity index (χ2n) is 15.7. The highest BCUT2D eigenvalue weighted by molar-refractivity contribution is 5.97. The SMILES string of the molecule is C=Cc1c(C)c2cc3[nH]c(cc4nc(cc5nc(cc1[nH]2)C(C)=C5CCC(=O)NCCCCN(C)C)C(CCC(=O)NCCCCN(C)C)=C4C)c(C)c3C=C. The lowest BCUT2D eigenvalue weighted by atomic mass is 9.98. The third kappa shape index (κ3) is 10.2. The normalized spacial score (nSPS) is 12.9. The van der Waals surface area contributed by atoms with Gasteiger partial charge in [-0.2, -0.15) is 0 Å². The van der Waals surface area contributed by atoms with Gasteiger partial charge in [0.25, 0.3) is 0 Å². The second kappa shape index (κ2) is 19.2. The molecule has 10 heteroatoms. The van der Waals surface area contributed by atoms with Crippen LogP contribution in [0.2, 0.25) is 0 Å². The molecule has 3 aromatic heterocycles. The maximum atomic E-state index is 13.1. The van der Waals surface area contributed by atoms with Gasteiger partial charge in [0.2, 0.25) is 11.8 Å². The number of aromatic nitrogens is 4. The van der Waals surface area contributed by atoms with Crippen molar-refractivity contribution in [2.45, 2.75) is 79.1 Å². The zero-order valence-electron chi connectivity index (χ0n) is 35.0. The Labute approximate surface area is 333 Å². The first-order valence-electron chi connectivity index (χ1n) is 20.0. The summed E-state index contributed by atoms with van der Waals surface area (Å²) in [4.78, 5) is 48.2. The van der Waals surface area contributed by atoms with E-state index < -0.39 is 0 Å². The van der Waals surface area contributed by atoms with E-state index in [4.69, 9.17) is 9.97 Å². The lowest BCUT2D eigenvalue weighted by Crippen LogP contribution is -2.25. The monoisotopic (exact) mass is 758 g/mol. The van der Waals surface area contributed by atoms with E-state index >= 15 is 0 Å². The van der Waals surface area contributed by atoms with Crippen LogP contribution in [0.5, 0.6) is 0 Å². The number of hydrogen-bond acceptors (Lipinski definition) is 6. The molecular formula is C46H62N8O2. The number of fused-ring (bicyclic) bond motifs is 8. The van der Waals surface area contributed by atoms with E-state index in [0.717, 1.165) is 128 Å². The fraction of sp³-hybridized carbons (Fsp3) is 0.435. The van der Waals surface area contributed by atoms with Gasteiger partial charge in [0.15, 0.2) is 0 Å². The molecule has 0 spiro atoms. The van der Waals surface area contributed by atoms with E-state index in [-0.39, 0.29) is 11.8 Å². The van der Waals surface area contributed by atoms with Crippen LogP contribution in [0.4, 0.5) is 0 Å². The topological polar surface area (TPSA) is 122 Å². The van der Waals surface area contributed by atoms with E-state index in [2.05, 4.69) is 124 Å². The van der Waals surface area contributed by atoms with E-state index in [1.54, 1.807) is 0 Å². The summed E-state index contributed by atoms with van der Waals surface area (Å²) in [7, 11) is 8.26. The van der Waals surface area contributed by atoms with Crippen molar-refractivity contribution in [3.05, 3.63) is 82.5 Å². The number of nitrogens with one attached hydrogen (secondary N) is 4. The van der Waals surface area contributed by atoms with E-state index in [0.29, 0.717) is 38.8 Å². The van der Waals surface area contributed by atoms with Gasteiger partial charge in [-0.1, -0.05) is 25.3 Å². The highest BCUT2D eigenvalue weighted by atomic mass is 16.2. The van der Waals surface area contributed by atoms with Gasteiger partial charge in [0, 0.05) is 59.1 Å². The molecule has 0 atom stereocenters. The number of aromatic amines is 2. The summed E-state index contributed by atoms with van der Waals surface area (Å²) in [6.07, 6.45) is 9.52. The fourth-order valence-corrected chi connectivity index (χ4v) is 7.52. The second-order valence-corrected chi connectivity index (χ2v) is 15.7. The van der Waals surface area contributed by atoms with Crippen molar-refractivity contribution < 1.29 is 9.59 Å². The van der Waals surface area contributed by atoms with Crippen LogP contribution >= 0.6 is 0 Å². The Morgan fingerprint density at radius 2 is 1.02 bits per heavy atom. The predicted molar refractivity (Wildman–Crippen MR) is 236 cm³/mol. The first-order valence-corrected chi connectivity index (χ1v) is 20.0. The van der Waals surface area contributed by atoms with Gasteiger partial charge in [-0.15, -0.1) is 0 Å². The fourth-order valence-electron chi connectivity index (χ4n) is 7.52. The average Bonchev–Trinajstić information content (AvgIpc) is 3.81. The molecule has 0 aromatic carbocycles. The minimum Gasteiger partial charge on any atom is -0.356 e. The number of aryl methyl sites for hydroxylation is 2. The lowest BCUT2D eigenvalue weighted by molar-refractivity contribution is -0.121. The Kier molecular flexibility index (Phi) is 14.4. The number of carbonyl (C=O) groups is 2. The summed E-state index contributed by atoms with van der Waals surface area (Å²) in [5, 5.41) is 6.24. The molecule has 0 saturated carbocycles. The Morgan fingerprint density at radius 1 is 0.607 bits per heavy atom. The minimum atomic E-state index is 0.0337. The molecule has 298 valence electrons. The smallest absolute Gasteiger partial charge is 0.220 e.